The topological polar surface area (TPSA) is 33.6 Å². The molecule has 0 aliphatic rings. The van der Waals surface area contributed by atoms with Crippen molar-refractivity contribution in [2.45, 2.75) is 25.1 Å². The number of hydrogen-bond donors (Lipinski definition) is 1. The Morgan fingerprint density at radius 2 is 1.68 bits per heavy atom. The highest BCUT2D eigenvalue weighted by molar-refractivity contribution is 5.80. The Kier molecular flexibility index (Phi) is 4.93. The van der Waals surface area contributed by atoms with E-state index in [9.17, 15) is 30.7 Å². The highest BCUT2D eigenvalue weighted by atomic mass is 19.4. The molecule has 0 aliphatic carbocycles. The molecule has 1 N–H and O–H groups in total. The quantitative estimate of drug-likeness (QED) is 0.386. The van der Waals surface area contributed by atoms with Gasteiger partial charge >= 0.3 is 18.1 Å². The molecule has 0 saturated carbocycles. The van der Waals surface area contributed by atoms with Crippen LogP contribution < -0.4 is 10.2 Å². The van der Waals surface area contributed by atoms with Crippen molar-refractivity contribution in [1.82, 2.24) is 5.43 Å². The molecule has 10 heteroatoms. The summed E-state index contributed by atoms with van der Waals surface area (Å²) in [6.07, 6.45) is -5.72. The summed E-state index contributed by atoms with van der Waals surface area (Å²) < 4.78 is 91.5. The average Bonchev–Trinajstić information content (AvgIpc) is 2.37. The summed E-state index contributed by atoms with van der Waals surface area (Å²) in [5, 5.41) is 2.74. The molecule has 22 heavy (non-hydrogen) atoms. The number of nitrogens with one attached hydrogen (secondary N) is 1. The van der Waals surface area contributed by atoms with E-state index >= 15 is 0 Å². The van der Waals surface area contributed by atoms with Crippen molar-refractivity contribution in [3.05, 3.63) is 29.3 Å². The maximum Gasteiger partial charge on any atom is 0.462 e. The molecule has 1 rings (SSSR count). The first kappa shape index (κ1) is 18.1. The highest BCUT2D eigenvalue weighted by Crippen LogP contribution is 2.44. The van der Waals surface area contributed by atoms with Gasteiger partial charge in [0, 0.05) is 0 Å². The Hall–Kier alpha value is -2.00. The van der Waals surface area contributed by atoms with Gasteiger partial charge in [-0.25, -0.2) is 5.43 Å². The zero-order valence-corrected chi connectivity index (χ0v) is 11.3. The standard InChI is InChI=1S/C12H11F7N2O/c1-7-5-8(3-4-9(7)22-2)6-20-21-12(18,19)10(13,14)11(15,16)17/h3-6,21H,1-2H3/b20-6+. The van der Waals surface area contributed by atoms with E-state index in [-0.39, 0.29) is 5.56 Å². The van der Waals surface area contributed by atoms with Crippen LogP contribution in [0.2, 0.25) is 0 Å². The second-order valence-corrected chi connectivity index (χ2v) is 4.25. The Balaban J connectivity index is 2.86. The van der Waals surface area contributed by atoms with Gasteiger partial charge in [0.2, 0.25) is 0 Å². The lowest BCUT2D eigenvalue weighted by Crippen LogP contribution is -2.58. The fourth-order valence-electron chi connectivity index (χ4n) is 1.42. The number of halogens is 7. The lowest BCUT2D eigenvalue weighted by molar-refractivity contribution is -0.361. The van der Waals surface area contributed by atoms with Crippen molar-refractivity contribution in [3.63, 3.8) is 0 Å². The smallest absolute Gasteiger partial charge is 0.462 e. The molecule has 0 aliphatic heterocycles. The molecule has 0 radical (unpaired) electrons. The van der Waals surface area contributed by atoms with Crippen LogP contribution in [0, 0.1) is 6.92 Å². The number of benzene rings is 1. The van der Waals surface area contributed by atoms with E-state index in [0.29, 0.717) is 23.0 Å². The zero-order valence-electron chi connectivity index (χ0n) is 11.3. The number of aryl methyl sites for hydroxylation is 1. The molecule has 0 aromatic heterocycles. The lowest BCUT2D eigenvalue weighted by Gasteiger charge is -2.27. The fourth-order valence-corrected chi connectivity index (χ4v) is 1.42. The van der Waals surface area contributed by atoms with Gasteiger partial charge in [-0.2, -0.15) is 35.8 Å². The maximum absolute atomic E-state index is 12.9. The first-order valence-electron chi connectivity index (χ1n) is 5.69. The number of hydrogen-bond acceptors (Lipinski definition) is 3. The van der Waals surface area contributed by atoms with Crippen LogP contribution >= 0.6 is 0 Å². The molecular formula is C12H11F7N2O. The van der Waals surface area contributed by atoms with Gasteiger partial charge in [-0.15, -0.1) is 0 Å². The Morgan fingerprint density at radius 3 is 2.14 bits per heavy atom. The molecule has 124 valence electrons. The summed E-state index contributed by atoms with van der Waals surface area (Å²) in [6, 6.07) is -1.34. The predicted molar refractivity (Wildman–Crippen MR) is 64.4 cm³/mol. The van der Waals surface area contributed by atoms with Crippen LogP contribution in [0.4, 0.5) is 30.7 Å². The number of nitrogens with zero attached hydrogens (tertiary/aromatic N) is 1. The number of rotatable bonds is 5. The first-order chi connectivity index (χ1) is 9.92. The number of alkyl halides is 7. The summed E-state index contributed by atoms with van der Waals surface area (Å²) in [5.41, 5.74) is 1.34. The van der Waals surface area contributed by atoms with Crippen molar-refractivity contribution in [3.8, 4) is 5.75 Å². The second-order valence-electron chi connectivity index (χ2n) is 4.25. The summed E-state index contributed by atoms with van der Waals surface area (Å²) in [7, 11) is 1.40. The van der Waals surface area contributed by atoms with Gasteiger partial charge in [0.15, 0.2) is 0 Å². The monoisotopic (exact) mass is 332 g/mol. The Morgan fingerprint density at radius 1 is 1.09 bits per heavy atom. The minimum absolute atomic E-state index is 0.205. The van der Waals surface area contributed by atoms with E-state index in [2.05, 4.69) is 5.10 Å². The summed E-state index contributed by atoms with van der Waals surface area (Å²) in [6.45, 7) is 1.62. The van der Waals surface area contributed by atoms with Crippen molar-refractivity contribution in [1.29, 1.82) is 0 Å². The molecule has 0 amide bonds. The van der Waals surface area contributed by atoms with Crippen molar-refractivity contribution in [2.24, 2.45) is 5.10 Å². The number of methoxy groups -OCH3 is 1. The van der Waals surface area contributed by atoms with Crippen LogP contribution in [0.3, 0.4) is 0 Å². The molecule has 3 nitrogen and oxygen atoms in total. The molecule has 0 fully saturated rings. The first-order valence-corrected chi connectivity index (χ1v) is 5.69. The number of hydrazone groups is 1. The van der Waals surface area contributed by atoms with Crippen LogP contribution in [-0.2, 0) is 0 Å². The van der Waals surface area contributed by atoms with E-state index in [1.54, 1.807) is 6.92 Å². The number of ether oxygens (including phenoxy) is 1. The van der Waals surface area contributed by atoms with Gasteiger partial charge < -0.3 is 4.74 Å². The van der Waals surface area contributed by atoms with E-state index in [4.69, 9.17) is 4.74 Å². The van der Waals surface area contributed by atoms with Crippen molar-refractivity contribution in [2.75, 3.05) is 7.11 Å². The normalized spacial score (nSPS) is 13.5. The van der Waals surface area contributed by atoms with Gasteiger partial charge in [-0.1, -0.05) is 0 Å². The van der Waals surface area contributed by atoms with Gasteiger partial charge in [0.1, 0.15) is 5.75 Å². The van der Waals surface area contributed by atoms with Crippen LogP contribution in [-0.4, -0.2) is 31.5 Å². The zero-order chi connectivity index (χ0) is 17.2. The molecule has 0 bridgehead atoms. The summed E-state index contributed by atoms with van der Waals surface area (Å²) >= 11 is 0. The Bertz CT molecular complexity index is 555. The molecule has 0 atom stereocenters. The third kappa shape index (κ3) is 3.60. The maximum atomic E-state index is 12.9. The van der Waals surface area contributed by atoms with Crippen LogP contribution in [0.15, 0.2) is 23.3 Å². The Labute approximate surface area is 120 Å². The minimum Gasteiger partial charge on any atom is -0.496 e. The van der Waals surface area contributed by atoms with Crippen LogP contribution in [0.1, 0.15) is 11.1 Å². The SMILES string of the molecule is COc1ccc(/C=N/NC(F)(F)C(F)(F)C(F)(F)F)cc1C. The van der Waals surface area contributed by atoms with Crippen LogP contribution in [0.5, 0.6) is 5.75 Å². The van der Waals surface area contributed by atoms with Gasteiger partial charge in [-0.05, 0) is 36.2 Å². The molecular weight excluding hydrogens is 321 g/mol. The van der Waals surface area contributed by atoms with E-state index in [1.807, 2.05) is 0 Å². The fraction of sp³-hybridized carbons (Fsp3) is 0.417. The second kappa shape index (κ2) is 6.01. The van der Waals surface area contributed by atoms with Gasteiger partial charge in [-0.3, -0.25) is 0 Å². The summed E-state index contributed by atoms with van der Waals surface area (Å²) in [5.74, 6) is -5.77. The average molecular weight is 332 g/mol. The third-order valence-electron chi connectivity index (χ3n) is 2.59. The van der Waals surface area contributed by atoms with Gasteiger partial charge in [0.25, 0.3) is 0 Å². The molecule has 0 saturated heterocycles. The lowest BCUT2D eigenvalue weighted by atomic mass is 10.1. The molecule has 1 aromatic rings. The largest absolute Gasteiger partial charge is 0.496 e. The summed E-state index contributed by atoms with van der Waals surface area (Å²) in [4.78, 5) is 0. The van der Waals surface area contributed by atoms with Crippen molar-refractivity contribution < 1.29 is 35.5 Å². The molecule has 0 unspecified atom stereocenters. The predicted octanol–water partition coefficient (Wildman–Crippen LogP) is 3.72. The third-order valence-corrected chi connectivity index (χ3v) is 2.59. The highest BCUT2D eigenvalue weighted by Gasteiger charge is 2.73. The molecule has 1 aromatic carbocycles. The minimum atomic E-state index is -6.41. The van der Waals surface area contributed by atoms with Crippen LogP contribution in [0.25, 0.3) is 0 Å². The molecule has 0 spiro atoms. The molecule has 0 heterocycles. The van der Waals surface area contributed by atoms with Gasteiger partial charge in [0.05, 0.1) is 13.3 Å². The van der Waals surface area contributed by atoms with Crippen molar-refractivity contribution >= 4 is 6.21 Å². The van der Waals surface area contributed by atoms with E-state index in [0.717, 1.165) is 0 Å². The van der Waals surface area contributed by atoms with E-state index < -0.39 is 18.1 Å². The van der Waals surface area contributed by atoms with E-state index in [1.165, 1.54) is 25.3 Å².